The zero-order valence-electron chi connectivity index (χ0n) is 8.09. The van der Waals surface area contributed by atoms with Gasteiger partial charge in [0.2, 0.25) is 0 Å². The van der Waals surface area contributed by atoms with Crippen LogP contribution in [0.15, 0.2) is 18.2 Å². The molecule has 0 aliphatic heterocycles. The molecule has 0 saturated carbocycles. The predicted molar refractivity (Wildman–Crippen MR) is 54.1 cm³/mol. The predicted octanol–water partition coefficient (Wildman–Crippen LogP) is 2.78. The Morgan fingerprint density at radius 3 is 2.50 bits per heavy atom. The quantitative estimate of drug-likeness (QED) is 0.666. The van der Waals surface area contributed by atoms with E-state index >= 15 is 0 Å². The molecule has 0 aliphatic rings. The van der Waals surface area contributed by atoms with Crippen LogP contribution in [0, 0.1) is 12.8 Å². The molecular formula is C11H17N. The van der Waals surface area contributed by atoms with Gasteiger partial charge in [-0.1, -0.05) is 26.0 Å². The van der Waals surface area contributed by atoms with Gasteiger partial charge in [0, 0.05) is 5.69 Å². The number of hydrogen-bond donors (Lipinski definition) is 1. The Balaban J connectivity index is 2.82. The number of rotatable bonds is 2. The van der Waals surface area contributed by atoms with Gasteiger partial charge in [-0.05, 0) is 36.5 Å². The van der Waals surface area contributed by atoms with Crippen molar-refractivity contribution < 1.29 is 0 Å². The minimum atomic E-state index is 0.716. The highest BCUT2D eigenvalue weighted by Crippen LogP contribution is 2.15. The van der Waals surface area contributed by atoms with E-state index in [9.17, 15) is 0 Å². The number of benzene rings is 1. The highest BCUT2D eigenvalue weighted by atomic mass is 14.5. The van der Waals surface area contributed by atoms with Crippen molar-refractivity contribution in [3.8, 4) is 0 Å². The zero-order valence-corrected chi connectivity index (χ0v) is 8.09. The molecule has 0 atom stereocenters. The molecule has 0 bridgehead atoms. The molecule has 1 aromatic rings. The normalized spacial score (nSPS) is 10.7. The number of nitrogen functional groups attached to an aromatic ring is 1. The Labute approximate surface area is 74.6 Å². The van der Waals surface area contributed by atoms with E-state index in [4.69, 9.17) is 5.73 Å². The smallest absolute Gasteiger partial charge is 0.0343 e. The molecule has 1 heteroatoms. The van der Waals surface area contributed by atoms with E-state index in [1.807, 2.05) is 6.07 Å². The third-order valence-corrected chi connectivity index (χ3v) is 1.98. The summed E-state index contributed by atoms with van der Waals surface area (Å²) >= 11 is 0. The molecule has 0 amide bonds. The molecule has 1 aromatic carbocycles. The minimum Gasteiger partial charge on any atom is -0.399 e. The van der Waals surface area contributed by atoms with Crippen molar-refractivity contribution in [1.82, 2.24) is 0 Å². The third-order valence-electron chi connectivity index (χ3n) is 1.98. The summed E-state index contributed by atoms with van der Waals surface area (Å²) < 4.78 is 0. The van der Waals surface area contributed by atoms with E-state index in [-0.39, 0.29) is 0 Å². The molecular weight excluding hydrogens is 146 g/mol. The van der Waals surface area contributed by atoms with Crippen LogP contribution in [0.1, 0.15) is 25.0 Å². The van der Waals surface area contributed by atoms with Gasteiger partial charge in [-0.25, -0.2) is 0 Å². The lowest BCUT2D eigenvalue weighted by molar-refractivity contribution is 0.647. The van der Waals surface area contributed by atoms with Gasteiger partial charge in [-0.15, -0.1) is 0 Å². The van der Waals surface area contributed by atoms with Crippen LogP contribution in [0.3, 0.4) is 0 Å². The van der Waals surface area contributed by atoms with Crippen molar-refractivity contribution in [2.75, 3.05) is 5.73 Å². The third kappa shape index (κ3) is 2.26. The molecule has 12 heavy (non-hydrogen) atoms. The van der Waals surface area contributed by atoms with Crippen molar-refractivity contribution in [3.63, 3.8) is 0 Å². The lowest BCUT2D eigenvalue weighted by Crippen LogP contribution is -1.96. The van der Waals surface area contributed by atoms with Crippen LogP contribution >= 0.6 is 0 Å². The minimum absolute atomic E-state index is 0.716. The van der Waals surface area contributed by atoms with Gasteiger partial charge in [0.25, 0.3) is 0 Å². The number of nitrogens with two attached hydrogens (primary N) is 1. The summed E-state index contributed by atoms with van der Waals surface area (Å²) in [5.41, 5.74) is 9.18. The van der Waals surface area contributed by atoms with E-state index in [0.29, 0.717) is 5.92 Å². The maximum atomic E-state index is 5.72. The Bertz CT molecular complexity index is 264. The number of hydrogen-bond acceptors (Lipinski definition) is 1. The van der Waals surface area contributed by atoms with E-state index in [0.717, 1.165) is 12.1 Å². The van der Waals surface area contributed by atoms with Crippen molar-refractivity contribution in [1.29, 1.82) is 0 Å². The van der Waals surface area contributed by atoms with Crippen molar-refractivity contribution >= 4 is 5.69 Å². The number of aryl methyl sites for hydroxylation is 1. The molecule has 2 N–H and O–H groups in total. The molecule has 0 heterocycles. The maximum Gasteiger partial charge on any atom is 0.0343 e. The van der Waals surface area contributed by atoms with E-state index < -0.39 is 0 Å². The second kappa shape index (κ2) is 3.61. The number of anilines is 1. The summed E-state index contributed by atoms with van der Waals surface area (Å²) in [6, 6.07) is 6.28. The van der Waals surface area contributed by atoms with Crippen LogP contribution in [-0.4, -0.2) is 0 Å². The van der Waals surface area contributed by atoms with E-state index in [1.165, 1.54) is 11.1 Å². The molecule has 1 rings (SSSR count). The van der Waals surface area contributed by atoms with Gasteiger partial charge < -0.3 is 5.73 Å². The fourth-order valence-corrected chi connectivity index (χ4v) is 1.34. The Kier molecular flexibility index (Phi) is 2.74. The molecule has 66 valence electrons. The van der Waals surface area contributed by atoms with Gasteiger partial charge >= 0.3 is 0 Å². The van der Waals surface area contributed by atoms with Crippen LogP contribution < -0.4 is 5.73 Å². The molecule has 0 radical (unpaired) electrons. The summed E-state index contributed by atoms with van der Waals surface area (Å²) in [7, 11) is 0. The van der Waals surface area contributed by atoms with Crippen LogP contribution in [0.2, 0.25) is 0 Å². The van der Waals surface area contributed by atoms with Crippen molar-refractivity contribution in [2.24, 2.45) is 5.92 Å². The summed E-state index contributed by atoms with van der Waals surface area (Å²) in [6.07, 6.45) is 1.14. The van der Waals surface area contributed by atoms with Gasteiger partial charge in [0.05, 0.1) is 0 Å². The first kappa shape index (κ1) is 9.11. The second-order valence-electron chi connectivity index (χ2n) is 3.79. The topological polar surface area (TPSA) is 26.0 Å². The largest absolute Gasteiger partial charge is 0.399 e. The first-order valence-corrected chi connectivity index (χ1v) is 4.44. The highest BCUT2D eigenvalue weighted by molar-refractivity contribution is 5.47. The zero-order chi connectivity index (χ0) is 9.14. The lowest BCUT2D eigenvalue weighted by Gasteiger charge is -2.07. The van der Waals surface area contributed by atoms with Gasteiger partial charge in [-0.3, -0.25) is 0 Å². The highest BCUT2D eigenvalue weighted by Gasteiger charge is 1.99. The fraction of sp³-hybridized carbons (Fsp3) is 0.455. The Morgan fingerprint density at radius 1 is 1.33 bits per heavy atom. The van der Waals surface area contributed by atoms with Gasteiger partial charge in [-0.2, -0.15) is 0 Å². The molecule has 0 spiro atoms. The van der Waals surface area contributed by atoms with E-state index in [1.54, 1.807) is 0 Å². The van der Waals surface area contributed by atoms with Crippen LogP contribution in [0.5, 0.6) is 0 Å². The monoisotopic (exact) mass is 163 g/mol. The fourth-order valence-electron chi connectivity index (χ4n) is 1.34. The van der Waals surface area contributed by atoms with Crippen molar-refractivity contribution in [2.45, 2.75) is 27.2 Å². The first-order valence-electron chi connectivity index (χ1n) is 4.44. The van der Waals surface area contributed by atoms with E-state index in [2.05, 4.69) is 32.9 Å². The molecule has 0 unspecified atom stereocenters. The Hall–Kier alpha value is -0.980. The molecule has 0 saturated heterocycles. The molecule has 1 nitrogen and oxygen atoms in total. The second-order valence-corrected chi connectivity index (χ2v) is 3.79. The summed E-state index contributed by atoms with van der Waals surface area (Å²) in [5.74, 6) is 0.716. The van der Waals surface area contributed by atoms with Crippen LogP contribution in [-0.2, 0) is 6.42 Å². The van der Waals surface area contributed by atoms with Gasteiger partial charge in [0.15, 0.2) is 0 Å². The average Bonchev–Trinajstić information content (AvgIpc) is 1.96. The van der Waals surface area contributed by atoms with Gasteiger partial charge in [0.1, 0.15) is 0 Å². The summed E-state index contributed by atoms with van der Waals surface area (Å²) in [5, 5.41) is 0. The molecule has 0 aliphatic carbocycles. The van der Waals surface area contributed by atoms with Crippen LogP contribution in [0.25, 0.3) is 0 Å². The lowest BCUT2D eigenvalue weighted by atomic mass is 10.0. The summed E-state index contributed by atoms with van der Waals surface area (Å²) in [4.78, 5) is 0. The van der Waals surface area contributed by atoms with Crippen LogP contribution in [0.4, 0.5) is 5.69 Å². The molecule has 0 fully saturated rings. The molecule has 0 aromatic heterocycles. The summed E-state index contributed by atoms with van der Waals surface area (Å²) in [6.45, 7) is 6.51. The Morgan fingerprint density at radius 2 is 2.00 bits per heavy atom. The standard InChI is InChI=1S/C11H17N/c1-8(2)6-10-4-5-11(12)9(3)7-10/h4-5,7-8H,6,12H2,1-3H3. The SMILES string of the molecule is Cc1cc(CC(C)C)ccc1N. The first-order chi connectivity index (χ1) is 5.59. The average molecular weight is 163 g/mol. The maximum absolute atomic E-state index is 5.72. The van der Waals surface area contributed by atoms with Crippen molar-refractivity contribution in [3.05, 3.63) is 29.3 Å².